The summed E-state index contributed by atoms with van der Waals surface area (Å²) in [6.07, 6.45) is 3.37. The van der Waals surface area contributed by atoms with Crippen LogP contribution in [0.25, 0.3) is 0 Å². The van der Waals surface area contributed by atoms with Crippen molar-refractivity contribution in [2.24, 2.45) is 7.05 Å². The fourth-order valence-corrected chi connectivity index (χ4v) is 2.11. The van der Waals surface area contributed by atoms with E-state index in [1.165, 1.54) is 6.20 Å². The van der Waals surface area contributed by atoms with E-state index >= 15 is 0 Å². The van der Waals surface area contributed by atoms with Crippen LogP contribution in [0.15, 0.2) is 18.5 Å². The maximum Gasteiger partial charge on any atom is 0.253 e. The first-order valence-electron chi connectivity index (χ1n) is 6.12. The molecule has 2 N–H and O–H groups in total. The topological polar surface area (TPSA) is 71.8 Å². The predicted molar refractivity (Wildman–Crippen MR) is 77.9 cm³/mol. The van der Waals surface area contributed by atoms with Gasteiger partial charge in [0.15, 0.2) is 0 Å². The Morgan fingerprint density at radius 3 is 2.80 bits per heavy atom. The third-order valence-corrected chi connectivity index (χ3v) is 3.18. The summed E-state index contributed by atoms with van der Waals surface area (Å²) < 4.78 is 1.72. The first-order valence-corrected chi connectivity index (χ1v) is 6.49. The maximum absolute atomic E-state index is 12.0. The van der Waals surface area contributed by atoms with Crippen molar-refractivity contribution in [1.29, 1.82) is 0 Å². The number of halogens is 1. The highest BCUT2D eigenvalue weighted by Gasteiger charge is 2.10. The van der Waals surface area contributed by atoms with Gasteiger partial charge in [-0.1, -0.05) is 11.6 Å². The zero-order valence-corrected chi connectivity index (χ0v) is 12.3. The molecule has 0 aliphatic rings. The standard InChI is InChI=1S/C13H16ClN5O/c1-8-10(7-19(3)18-8)6-17-13(20)9-4-11(14)12(15-2)16-5-9/h4-5,7H,6H2,1-3H3,(H,15,16)(H,17,20). The van der Waals surface area contributed by atoms with Gasteiger partial charge >= 0.3 is 0 Å². The minimum atomic E-state index is -0.217. The number of aryl methyl sites for hydroxylation is 2. The highest BCUT2D eigenvalue weighted by molar-refractivity contribution is 6.33. The molecule has 2 rings (SSSR count). The van der Waals surface area contributed by atoms with Crippen molar-refractivity contribution >= 4 is 23.3 Å². The highest BCUT2D eigenvalue weighted by Crippen LogP contribution is 2.19. The summed E-state index contributed by atoms with van der Waals surface area (Å²) in [5.74, 6) is 0.330. The fourth-order valence-electron chi connectivity index (χ4n) is 1.85. The SMILES string of the molecule is CNc1ncc(C(=O)NCc2cn(C)nc2C)cc1Cl. The van der Waals surface area contributed by atoms with E-state index < -0.39 is 0 Å². The van der Waals surface area contributed by atoms with Crippen LogP contribution in [-0.2, 0) is 13.6 Å². The highest BCUT2D eigenvalue weighted by atomic mass is 35.5. The molecule has 2 aromatic heterocycles. The molecular weight excluding hydrogens is 278 g/mol. The molecule has 0 fully saturated rings. The monoisotopic (exact) mass is 293 g/mol. The van der Waals surface area contributed by atoms with E-state index in [1.54, 1.807) is 17.8 Å². The van der Waals surface area contributed by atoms with Gasteiger partial charge in [-0.3, -0.25) is 9.48 Å². The molecule has 0 spiro atoms. The molecule has 0 saturated carbocycles. The lowest BCUT2D eigenvalue weighted by Crippen LogP contribution is -2.23. The zero-order valence-electron chi connectivity index (χ0n) is 11.6. The molecule has 0 aliphatic carbocycles. The van der Waals surface area contributed by atoms with Gasteiger partial charge < -0.3 is 10.6 Å². The van der Waals surface area contributed by atoms with Gasteiger partial charge in [0.2, 0.25) is 0 Å². The van der Waals surface area contributed by atoms with Crippen molar-refractivity contribution in [3.05, 3.63) is 40.3 Å². The molecule has 6 nitrogen and oxygen atoms in total. The van der Waals surface area contributed by atoms with Crippen molar-refractivity contribution in [3.63, 3.8) is 0 Å². The summed E-state index contributed by atoms with van der Waals surface area (Å²) in [4.78, 5) is 16.1. The van der Waals surface area contributed by atoms with Crippen molar-refractivity contribution in [2.75, 3.05) is 12.4 Å². The quantitative estimate of drug-likeness (QED) is 0.901. The molecule has 0 saturated heterocycles. The third kappa shape index (κ3) is 3.08. The molecule has 1 amide bonds. The van der Waals surface area contributed by atoms with Crippen molar-refractivity contribution in [3.8, 4) is 0 Å². The molecule has 0 bridgehead atoms. The molecular formula is C13H16ClN5O. The molecule has 2 heterocycles. The Balaban J connectivity index is 2.05. The maximum atomic E-state index is 12.0. The van der Waals surface area contributed by atoms with Gasteiger partial charge in [-0.2, -0.15) is 5.10 Å². The van der Waals surface area contributed by atoms with Gasteiger partial charge in [-0.15, -0.1) is 0 Å². The molecule has 20 heavy (non-hydrogen) atoms. The Morgan fingerprint density at radius 1 is 1.50 bits per heavy atom. The molecule has 0 radical (unpaired) electrons. The number of aromatic nitrogens is 3. The van der Waals surface area contributed by atoms with E-state index in [2.05, 4.69) is 20.7 Å². The van der Waals surface area contributed by atoms with Gasteiger partial charge in [-0.05, 0) is 13.0 Å². The molecule has 0 aliphatic heterocycles. The fraction of sp³-hybridized carbons (Fsp3) is 0.308. The predicted octanol–water partition coefficient (Wildman–Crippen LogP) is 1.75. The van der Waals surface area contributed by atoms with Gasteiger partial charge in [0.05, 0.1) is 16.3 Å². The van der Waals surface area contributed by atoms with Gasteiger partial charge in [0.1, 0.15) is 5.82 Å². The van der Waals surface area contributed by atoms with Crippen molar-refractivity contribution < 1.29 is 4.79 Å². The zero-order chi connectivity index (χ0) is 14.7. The Morgan fingerprint density at radius 2 is 2.25 bits per heavy atom. The Bertz CT molecular complexity index is 638. The van der Waals surface area contributed by atoms with Crippen LogP contribution >= 0.6 is 11.6 Å². The van der Waals surface area contributed by atoms with Crippen LogP contribution in [0.5, 0.6) is 0 Å². The van der Waals surface area contributed by atoms with Crippen LogP contribution in [0.3, 0.4) is 0 Å². The summed E-state index contributed by atoms with van der Waals surface area (Å²) >= 11 is 6.00. The lowest BCUT2D eigenvalue weighted by molar-refractivity contribution is 0.0950. The molecule has 106 valence electrons. The van der Waals surface area contributed by atoms with E-state index in [0.29, 0.717) is 22.9 Å². The van der Waals surface area contributed by atoms with E-state index in [9.17, 15) is 4.79 Å². The largest absolute Gasteiger partial charge is 0.372 e. The second-order valence-corrected chi connectivity index (χ2v) is 4.81. The molecule has 7 heteroatoms. The smallest absolute Gasteiger partial charge is 0.253 e. The Hall–Kier alpha value is -2.08. The number of anilines is 1. The third-order valence-electron chi connectivity index (χ3n) is 2.89. The first-order chi connectivity index (χ1) is 9.51. The average Bonchev–Trinajstić information content (AvgIpc) is 2.74. The summed E-state index contributed by atoms with van der Waals surface area (Å²) in [7, 11) is 3.57. The van der Waals surface area contributed by atoms with Crippen LogP contribution in [0.1, 0.15) is 21.6 Å². The number of pyridine rings is 1. The van der Waals surface area contributed by atoms with Crippen LogP contribution in [-0.4, -0.2) is 27.7 Å². The lowest BCUT2D eigenvalue weighted by atomic mass is 10.2. The summed E-state index contributed by atoms with van der Waals surface area (Å²) in [6.45, 7) is 2.32. The molecule has 0 aromatic carbocycles. The van der Waals surface area contributed by atoms with Crippen molar-refractivity contribution in [1.82, 2.24) is 20.1 Å². The number of hydrogen-bond donors (Lipinski definition) is 2. The van der Waals surface area contributed by atoms with Gasteiger partial charge in [0.25, 0.3) is 5.91 Å². The van der Waals surface area contributed by atoms with Gasteiger partial charge in [0, 0.05) is 38.6 Å². The van der Waals surface area contributed by atoms with Crippen molar-refractivity contribution in [2.45, 2.75) is 13.5 Å². The molecule has 0 atom stereocenters. The second-order valence-electron chi connectivity index (χ2n) is 4.40. The minimum Gasteiger partial charge on any atom is -0.372 e. The van der Waals surface area contributed by atoms with Crippen LogP contribution in [0, 0.1) is 6.92 Å². The molecule has 2 aromatic rings. The van der Waals surface area contributed by atoms with Crippen LogP contribution in [0.2, 0.25) is 5.02 Å². The molecule has 0 unspecified atom stereocenters. The van der Waals surface area contributed by atoms with E-state index in [0.717, 1.165) is 11.3 Å². The van der Waals surface area contributed by atoms with E-state index in [4.69, 9.17) is 11.6 Å². The number of amides is 1. The van der Waals surface area contributed by atoms with Crippen LogP contribution < -0.4 is 10.6 Å². The first kappa shape index (κ1) is 14.3. The number of carbonyl (C=O) groups is 1. The number of hydrogen-bond acceptors (Lipinski definition) is 4. The number of carbonyl (C=O) groups excluding carboxylic acids is 1. The summed E-state index contributed by atoms with van der Waals surface area (Å²) in [5.41, 5.74) is 2.30. The second kappa shape index (κ2) is 5.92. The summed E-state index contributed by atoms with van der Waals surface area (Å²) in [5, 5.41) is 10.3. The van der Waals surface area contributed by atoms with E-state index in [1.807, 2.05) is 20.2 Å². The number of rotatable bonds is 4. The normalized spacial score (nSPS) is 10.4. The van der Waals surface area contributed by atoms with Gasteiger partial charge in [-0.25, -0.2) is 4.98 Å². The Labute approximate surface area is 122 Å². The Kier molecular flexibility index (Phi) is 4.24. The number of nitrogens with zero attached hydrogens (tertiary/aromatic N) is 3. The van der Waals surface area contributed by atoms with Crippen LogP contribution in [0.4, 0.5) is 5.82 Å². The minimum absolute atomic E-state index is 0.217. The lowest BCUT2D eigenvalue weighted by Gasteiger charge is -2.06. The average molecular weight is 294 g/mol. The number of nitrogens with one attached hydrogen (secondary N) is 2. The summed E-state index contributed by atoms with van der Waals surface area (Å²) in [6, 6.07) is 1.59. The van der Waals surface area contributed by atoms with E-state index in [-0.39, 0.29) is 5.91 Å².